The highest BCUT2D eigenvalue weighted by molar-refractivity contribution is 8.00. The molecule has 0 unspecified atom stereocenters. The Morgan fingerprint density at radius 1 is 1.14 bits per heavy atom. The molecule has 2 saturated heterocycles. The molecule has 0 spiro atoms. The molecule has 0 aromatic heterocycles. The Kier molecular flexibility index (Phi) is 5.17. The highest BCUT2D eigenvalue weighted by Crippen LogP contribution is 2.26. The lowest BCUT2D eigenvalue weighted by molar-refractivity contribution is -0.134. The second kappa shape index (κ2) is 7.29. The zero-order valence-corrected chi connectivity index (χ0v) is 12.9. The zero-order valence-electron chi connectivity index (χ0n) is 12.1. The number of ether oxygens (including phenoxy) is 2. The molecule has 0 bridgehead atoms. The highest BCUT2D eigenvalue weighted by atomic mass is 32.2. The molecule has 2 aliphatic heterocycles. The van der Waals surface area contributed by atoms with Gasteiger partial charge in [0.25, 0.3) is 0 Å². The normalized spacial score (nSPS) is 20.9. The van der Waals surface area contributed by atoms with Crippen LogP contribution in [0, 0.1) is 5.92 Å². The molecule has 3 rings (SSSR count). The van der Waals surface area contributed by atoms with Crippen LogP contribution in [-0.4, -0.2) is 49.2 Å². The standard InChI is InChI=1S/C16H21NO3S/c18-15(12-21-14-4-2-1-3-5-14)17-8-6-13(7-9-17)16-19-10-11-20-16/h1-5,13,16H,6-12H2. The minimum Gasteiger partial charge on any atom is -0.350 e. The largest absolute Gasteiger partial charge is 0.350 e. The van der Waals surface area contributed by atoms with E-state index >= 15 is 0 Å². The second-order valence-electron chi connectivity index (χ2n) is 5.43. The lowest BCUT2D eigenvalue weighted by atomic mass is 9.96. The fourth-order valence-corrected chi connectivity index (χ4v) is 3.65. The second-order valence-corrected chi connectivity index (χ2v) is 6.48. The number of carbonyl (C=O) groups excluding carboxylic acids is 1. The fraction of sp³-hybridized carbons (Fsp3) is 0.562. The lowest BCUT2D eigenvalue weighted by Gasteiger charge is -2.33. The molecule has 1 aromatic rings. The van der Waals surface area contributed by atoms with Crippen LogP contribution in [0.2, 0.25) is 0 Å². The van der Waals surface area contributed by atoms with Crippen molar-refractivity contribution in [2.24, 2.45) is 5.92 Å². The summed E-state index contributed by atoms with van der Waals surface area (Å²) in [4.78, 5) is 15.4. The van der Waals surface area contributed by atoms with Crippen LogP contribution in [0.3, 0.4) is 0 Å². The van der Waals surface area contributed by atoms with Crippen LogP contribution in [-0.2, 0) is 14.3 Å². The van der Waals surface area contributed by atoms with Gasteiger partial charge in [-0.15, -0.1) is 11.8 Å². The topological polar surface area (TPSA) is 38.8 Å². The van der Waals surface area contributed by atoms with Crippen molar-refractivity contribution in [2.45, 2.75) is 24.0 Å². The number of carbonyl (C=O) groups is 1. The first-order valence-electron chi connectivity index (χ1n) is 7.52. The third kappa shape index (κ3) is 3.99. The molecule has 0 aliphatic carbocycles. The van der Waals surface area contributed by atoms with E-state index < -0.39 is 0 Å². The van der Waals surface area contributed by atoms with E-state index in [9.17, 15) is 4.79 Å². The molecule has 1 aromatic carbocycles. The predicted octanol–water partition coefficient (Wildman–Crippen LogP) is 2.39. The summed E-state index contributed by atoms with van der Waals surface area (Å²) in [6.07, 6.45) is 1.92. The Bertz CT molecular complexity index is 454. The van der Waals surface area contributed by atoms with Crippen LogP contribution in [0.15, 0.2) is 35.2 Å². The monoisotopic (exact) mass is 307 g/mol. The minimum atomic E-state index is -0.0408. The van der Waals surface area contributed by atoms with Crippen molar-refractivity contribution in [2.75, 3.05) is 32.1 Å². The summed E-state index contributed by atoms with van der Waals surface area (Å²) in [5, 5.41) is 0. The van der Waals surface area contributed by atoms with Gasteiger partial charge in [-0.1, -0.05) is 18.2 Å². The number of amides is 1. The van der Waals surface area contributed by atoms with Crippen LogP contribution >= 0.6 is 11.8 Å². The molecule has 1 amide bonds. The van der Waals surface area contributed by atoms with Gasteiger partial charge < -0.3 is 14.4 Å². The smallest absolute Gasteiger partial charge is 0.232 e. The summed E-state index contributed by atoms with van der Waals surface area (Å²) in [6, 6.07) is 10.1. The molecule has 0 atom stereocenters. The van der Waals surface area contributed by atoms with Gasteiger partial charge in [0, 0.05) is 23.9 Å². The number of piperidine rings is 1. The van der Waals surface area contributed by atoms with Gasteiger partial charge >= 0.3 is 0 Å². The van der Waals surface area contributed by atoms with Crippen molar-refractivity contribution >= 4 is 17.7 Å². The highest BCUT2D eigenvalue weighted by Gasteiger charge is 2.31. The number of rotatable bonds is 4. The van der Waals surface area contributed by atoms with Crippen LogP contribution in [0.5, 0.6) is 0 Å². The predicted molar refractivity (Wildman–Crippen MR) is 82.2 cm³/mol. The lowest BCUT2D eigenvalue weighted by Crippen LogP contribution is -2.42. The van der Waals surface area contributed by atoms with Gasteiger partial charge in [-0.2, -0.15) is 0 Å². The number of nitrogens with zero attached hydrogens (tertiary/aromatic N) is 1. The zero-order chi connectivity index (χ0) is 14.5. The summed E-state index contributed by atoms with van der Waals surface area (Å²) in [5.41, 5.74) is 0. The van der Waals surface area contributed by atoms with Crippen molar-refractivity contribution in [3.05, 3.63) is 30.3 Å². The van der Waals surface area contributed by atoms with Crippen LogP contribution in [0.4, 0.5) is 0 Å². The quantitative estimate of drug-likeness (QED) is 0.801. The van der Waals surface area contributed by atoms with E-state index in [4.69, 9.17) is 9.47 Å². The molecule has 0 saturated carbocycles. The average molecular weight is 307 g/mol. The van der Waals surface area contributed by atoms with Gasteiger partial charge in [0.2, 0.25) is 5.91 Å². The summed E-state index contributed by atoms with van der Waals surface area (Å²) in [7, 11) is 0. The van der Waals surface area contributed by atoms with Gasteiger partial charge in [0.05, 0.1) is 19.0 Å². The third-order valence-corrected chi connectivity index (χ3v) is 5.03. The van der Waals surface area contributed by atoms with Crippen molar-refractivity contribution < 1.29 is 14.3 Å². The number of benzene rings is 1. The van der Waals surface area contributed by atoms with Crippen LogP contribution in [0.1, 0.15) is 12.8 Å². The first kappa shape index (κ1) is 14.9. The Balaban J connectivity index is 1.42. The van der Waals surface area contributed by atoms with E-state index in [-0.39, 0.29) is 12.2 Å². The van der Waals surface area contributed by atoms with Gasteiger partial charge in [-0.05, 0) is 25.0 Å². The van der Waals surface area contributed by atoms with Crippen molar-refractivity contribution in [3.63, 3.8) is 0 Å². The summed E-state index contributed by atoms with van der Waals surface area (Å²) in [5.74, 6) is 1.19. The molecule has 2 heterocycles. The minimum absolute atomic E-state index is 0.0408. The van der Waals surface area contributed by atoms with Gasteiger partial charge in [0.15, 0.2) is 6.29 Å². The molecule has 2 aliphatic rings. The maximum absolute atomic E-state index is 12.2. The van der Waals surface area contributed by atoms with E-state index in [1.54, 1.807) is 11.8 Å². The van der Waals surface area contributed by atoms with Crippen molar-refractivity contribution in [1.29, 1.82) is 0 Å². The third-order valence-electron chi connectivity index (χ3n) is 4.03. The van der Waals surface area contributed by atoms with Gasteiger partial charge in [-0.25, -0.2) is 0 Å². The Morgan fingerprint density at radius 3 is 2.48 bits per heavy atom. The SMILES string of the molecule is O=C(CSc1ccccc1)N1CCC(C2OCCO2)CC1. The van der Waals surface area contributed by atoms with Crippen LogP contribution < -0.4 is 0 Å². The van der Waals surface area contributed by atoms with Gasteiger partial charge in [-0.3, -0.25) is 4.79 Å². The Hall–Kier alpha value is -1.04. The number of likely N-dealkylation sites (tertiary alicyclic amines) is 1. The molecular formula is C16H21NO3S. The van der Waals surface area contributed by atoms with E-state index in [1.165, 1.54) is 0 Å². The van der Waals surface area contributed by atoms with E-state index in [2.05, 4.69) is 0 Å². The summed E-state index contributed by atoms with van der Waals surface area (Å²) >= 11 is 1.61. The number of hydrogen-bond acceptors (Lipinski definition) is 4. The van der Waals surface area contributed by atoms with E-state index in [0.29, 0.717) is 24.9 Å². The van der Waals surface area contributed by atoms with Crippen molar-refractivity contribution in [3.8, 4) is 0 Å². The molecule has 21 heavy (non-hydrogen) atoms. The molecular weight excluding hydrogens is 286 g/mol. The fourth-order valence-electron chi connectivity index (χ4n) is 2.82. The molecule has 0 radical (unpaired) electrons. The summed E-state index contributed by atoms with van der Waals surface area (Å²) in [6.45, 7) is 3.05. The first-order valence-corrected chi connectivity index (χ1v) is 8.50. The van der Waals surface area contributed by atoms with Gasteiger partial charge in [0.1, 0.15) is 0 Å². The molecule has 114 valence electrons. The Morgan fingerprint density at radius 2 is 1.81 bits per heavy atom. The summed E-state index contributed by atoms with van der Waals surface area (Å²) < 4.78 is 11.1. The average Bonchev–Trinajstić information content (AvgIpc) is 3.08. The molecule has 2 fully saturated rings. The van der Waals surface area contributed by atoms with E-state index in [1.807, 2.05) is 35.2 Å². The molecule has 4 nitrogen and oxygen atoms in total. The van der Waals surface area contributed by atoms with Crippen LogP contribution in [0.25, 0.3) is 0 Å². The first-order chi connectivity index (χ1) is 10.3. The van der Waals surface area contributed by atoms with E-state index in [0.717, 1.165) is 30.8 Å². The molecule has 0 N–H and O–H groups in total. The Labute approximate surface area is 129 Å². The number of hydrogen-bond donors (Lipinski definition) is 0. The molecule has 5 heteroatoms. The maximum Gasteiger partial charge on any atom is 0.232 e. The number of thioether (sulfide) groups is 1. The maximum atomic E-state index is 12.2. The van der Waals surface area contributed by atoms with Crippen molar-refractivity contribution in [1.82, 2.24) is 4.90 Å².